The van der Waals surface area contributed by atoms with Gasteiger partial charge in [0.05, 0.1) is 24.9 Å². The lowest BCUT2D eigenvalue weighted by molar-refractivity contribution is 0.306. The summed E-state index contributed by atoms with van der Waals surface area (Å²) in [5.41, 5.74) is 2.55. The van der Waals surface area contributed by atoms with Crippen molar-refractivity contribution in [2.75, 3.05) is 14.2 Å². The zero-order chi connectivity index (χ0) is 22.7. The molecule has 0 aliphatic heterocycles. The second-order valence-corrected chi connectivity index (χ2v) is 8.02. The average molecular weight is 488 g/mol. The zero-order valence-electron chi connectivity index (χ0n) is 17.3. The van der Waals surface area contributed by atoms with Gasteiger partial charge in [-0.15, -0.1) is 0 Å². The molecule has 0 atom stereocenters. The highest BCUT2D eigenvalue weighted by molar-refractivity contribution is 7.71. The molecule has 0 spiro atoms. The standard InChI is InChI=1S/C23H19Cl2N3O3S/c1-29-17-7-8-19(21(12-17)30-2)28-22(26-27-23(28)32)15-5-3-4-14(10-15)13-31-20-9-6-16(24)11-18(20)25/h3-12H,13H2,1-2H3,(H,27,32). The molecule has 4 aromatic rings. The van der Waals surface area contributed by atoms with Gasteiger partial charge in [-0.3, -0.25) is 9.67 Å². The van der Waals surface area contributed by atoms with E-state index < -0.39 is 0 Å². The summed E-state index contributed by atoms with van der Waals surface area (Å²) in [6.45, 7) is 0.326. The van der Waals surface area contributed by atoms with Crippen LogP contribution in [0.4, 0.5) is 0 Å². The van der Waals surface area contributed by atoms with Crippen LogP contribution < -0.4 is 14.2 Å². The maximum absolute atomic E-state index is 6.21. The number of halogens is 2. The van der Waals surface area contributed by atoms with Crippen LogP contribution >= 0.6 is 35.4 Å². The number of methoxy groups -OCH3 is 2. The van der Waals surface area contributed by atoms with Crippen molar-refractivity contribution >= 4 is 35.4 Å². The summed E-state index contributed by atoms with van der Waals surface area (Å²) in [4.78, 5) is 0. The average Bonchev–Trinajstić information content (AvgIpc) is 3.19. The summed E-state index contributed by atoms with van der Waals surface area (Å²) in [5.74, 6) is 2.50. The molecule has 0 aliphatic carbocycles. The maximum atomic E-state index is 6.21. The van der Waals surface area contributed by atoms with Crippen LogP contribution in [-0.4, -0.2) is 29.0 Å². The van der Waals surface area contributed by atoms with E-state index >= 15 is 0 Å². The largest absolute Gasteiger partial charge is 0.497 e. The number of ether oxygens (including phenoxy) is 3. The molecule has 0 bridgehead atoms. The Balaban J connectivity index is 1.67. The van der Waals surface area contributed by atoms with Crippen LogP contribution in [-0.2, 0) is 6.61 Å². The topological polar surface area (TPSA) is 61.3 Å². The van der Waals surface area contributed by atoms with E-state index in [4.69, 9.17) is 49.6 Å². The number of nitrogens with zero attached hydrogens (tertiary/aromatic N) is 2. The molecule has 0 saturated heterocycles. The van der Waals surface area contributed by atoms with E-state index in [9.17, 15) is 0 Å². The summed E-state index contributed by atoms with van der Waals surface area (Å²) in [7, 11) is 3.20. The summed E-state index contributed by atoms with van der Waals surface area (Å²) in [5, 5.41) is 8.33. The van der Waals surface area contributed by atoms with Crippen molar-refractivity contribution in [3.05, 3.63) is 81.0 Å². The summed E-state index contributed by atoms with van der Waals surface area (Å²) in [6.07, 6.45) is 0. The Hall–Kier alpha value is -3.00. The summed E-state index contributed by atoms with van der Waals surface area (Å²) < 4.78 is 19.0. The van der Waals surface area contributed by atoms with Gasteiger partial charge < -0.3 is 14.2 Å². The van der Waals surface area contributed by atoms with Gasteiger partial charge in [-0.05, 0) is 54.2 Å². The van der Waals surface area contributed by atoms with Crippen molar-refractivity contribution in [3.8, 4) is 34.3 Å². The lowest BCUT2D eigenvalue weighted by atomic mass is 10.1. The molecule has 3 aromatic carbocycles. The van der Waals surface area contributed by atoms with Gasteiger partial charge in [0.25, 0.3) is 0 Å². The van der Waals surface area contributed by atoms with E-state index in [2.05, 4.69) is 10.2 Å². The number of aromatic amines is 1. The Morgan fingerprint density at radius 2 is 1.81 bits per heavy atom. The molecule has 4 rings (SSSR count). The first-order valence-corrected chi connectivity index (χ1v) is 10.7. The molecular weight excluding hydrogens is 469 g/mol. The van der Waals surface area contributed by atoms with E-state index in [1.54, 1.807) is 38.5 Å². The predicted molar refractivity (Wildman–Crippen MR) is 128 cm³/mol. The first-order chi connectivity index (χ1) is 15.5. The molecule has 0 amide bonds. The van der Waals surface area contributed by atoms with Gasteiger partial charge in [0.1, 0.15) is 23.9 Å². The molecule has 0 aliphatic rings. The molecule has 0 saturated carbocycles. The van der Waals surface area contributed by atoms with E-state index in [1.165, 1.54) is 0 Å². The lowest BCUT2D eigenvalue weighted by Gasteiger charge is -2.13. The smallest absolute Gasteiger partial charge is 0.200 e. The molecule has 32 heavy (non-hydrogen) atoms. The maximum Gasteiger partial charge on any atom is 0.200 e. The van der Waals surface area contributed by atoms with Crippen molar-refractivity contribution < 1.29 is 14.2 Å². The second kappa shape index (κ2) is 9.65. The molecular formula is C23H19Cl2N3O3S. The van der Waals surface area contributed by atoms with Crippen molar-refractivity contribution in [1.29, 1.82) is 0 Å². The SMILES string of the molecule is COc1ccc(-n2c(-c3cccc(COc4ccc(Cl)cc4Cl)c3)n[nH]c2=S)c(OC)c1. The fourth-order valence-electron chi connectivity index (χ4n) is 3.24. The van der Waals surface area contributed by atoms with Crippen molar-refractivity contribution in [2.24, 2.45) is 0 Å². The Bertz CT molecular complexity index is 1320. The van der Waals surface area contributed by atoms with Crippen molar-refractivity contribution in [2.45, 2.75) is 6.61 Å². The molecule has 0 radical (unpaired) electrons. The van der Waals surface area contributed by atoms with E-state index in [0.29, 0.717) is 44.5 Å². The number of benzene rings is 3. The van der Waals surface area contributed by atoms with Gasteiger partial charge in [0, 0.05) is 16.7 Å². The van der Waals surface area contributed by atoms with Crippen LogP contribution in [0.1, 0.15) is 5.56 Å². The van der Waals surface area contributed by atoms with Gasteiger partial charge in [-0.2, -0.15) is 5.10 Å². The van der Waals surface area contributed by atoms with Crippen molar-refractivity contribution in [3.63, 3.8) is 0 Å². The van der Waals surface area contributed by atoms with Crippen LogP contribution in [0.2, 0.25) is 10.0 Å². The Morgan fingerprint density at radius 3 is 2.56 bits per heavy atom. The Morgan fingerprint density at radius 1 is 0.969 bits per heavy atom. The number of H-pyrrole nitrogens is 1. The Kier molecular flexibility index (Phi) is 6.69. The first-order valence-electron chi connectivity index (χ1n) is 9.57. The van der Waals surface area contributed by atoms with Crippen LogP contribution in [0.3, 0.4) is 0 Å². The third kappa shape index (κ3) is 4.60. The fourth-order valence-corrected chi connectivity index (χ4v) is 3.93. The van der Waals surface area contributed by atoms with Crippen LogP contribution in [0, 0.1) is 4.77 Å². The minimum absolute atomic E-state index is 0.326. The molecule has 6 nitrogen and oxygen atoms in total. The number of hydrogen-bond acceptors (Lipinski definition) is 5. The minimum Gasteiger partial charge on any atom is -0.497 e. The predicted octanol–water partition coefficient (Wildman–Crippen LogP) is 6.50. The molecule has 1 N–H and O–H groups in total. The van der Waals surface area contributed by atoms with Crippen LogP contribution in [0.5, 0.6) is 17.2 Å². The molecule has 0 fully saturated rings. The van der Waals surface area contributed by atoms with Gasteiger partial charge in [0.15, 0.2) is 10.6 Å². The van der Waals surface area contributed by atoms with E-state index in [-0.39, 0.29) is 0 Å². The van der Waals surface area contributed by atoms with Crippen LogP contribution in [0.25, 0.3) is 17.1 Å². The van der Waals surface area contributed by atoms with Gasteiger partial charge in [-0.1, -0.05) is 41.4 Å². The third-order valence-electron chi connectivity index (χ3n) is 4.77. The summed E-state index contributed by atoms with van der Waals surface area (Å²) >= 11 is 17.7. The number of rotatable bonds is 7. The van der Waals surface area contributed by atoms with E-state index in [1.807, 2.05) is 41.0 Å². The Labute approximate surface area is 200 Å². The van der Waals surface area contributed by atoms with Gasteiger partial charge in [0.2, 0.25) is 0 Å². The second-order valence-electron chi connectivity index (χ2n) is 6.79. The highest BCUT2D eigenvalue weighted by Crippen LogP contribution is 2.32. The fraction of sp³-hybridized carbons (Fsp3) is 0.130. The highest BCUT2D eigenvalue weighted by atomic mass is 35.5. The highest BCUT2D eigenvalue weighted by Gasteiger charge is 2.16. The van der Waals surface area contributed by atoms with Crippen molar-refractivity contribution in [1.82, 2.24) is 14.8 Å². The molecule has 1 aromatic heterocycles. The number of aromatic nitrogens is 3. The number of hydrogen-bond donors (Lipinski definition) is 1. The first kappa shape index (κ1) is 22.2. The molecule has 0 unspecified atom stereocenters. The molecule has 164 valence electrons. The molecule has 9 heteroatoms. The quantitative estimate of drug-likeness (QED) is 0.301. The number of nitrogens with one attached hydrogen (secondary N) is 1. The lowest BCUT2D eigenvalue weighted by Crippen LogP contribution is -2.02. The normalized spacial score (nSPS) is 10.8. The third-order valence-corrected chi connectivity index (χ3v) is 5.58. The van der Waals surface area contributed by atoms with Gasteiger partial charge in [-0.25, -0.2) is 0 Å². The summed E-state index contributed by atoms with van der Waals surface area (Å²) in [6, 6.07) is 18.5. The molecule has 1 heterocycles. The zero-order valence-corrected chi connectivity index (χ0v) is 19.6. The van der Waals surface area contributed by atoms with Gasteiger partial charge >= 0.3 is 0 Å². The van der Waals surface area contributed by atoms with Crippen LogP contribution in [0.15, 0.2) is 60.7 Å². The monoisotopic (exact) mass is 487 g/mol. The van der Waals surface area contributed by atoms with E-state index in [0.717, 1.165) is 16.8 Å². The minimum atomic E-state index is 0.326.